The summed E-state index contributed by atoms with van der Waals surface area (Å²) in [6, 6.07) is 9.26. The molecule has 2 unspecified atom stereocenters. The van der Waals surface area contributed by atoms with Crippen LogP contribution in [0.15, 0.2) is 29.3 Å². The summed E-state index contributed by atoms with van der Waals surface area (Å²) in [5, 5.41) is 7.09. The Hall–Kier alpha value is -1.63. The van der Waals surface area contributed by atoms with Crippen molar-refractivity contribution < 1.29 is 9.47 Å². The number of guanidine groups is 1. The van der Waals surface area contributed by atoms with Crippen LogP contribution in [-0.4, -0.2) is 69.9 Å². The van der Waals surface area contributed by atoms with E-state index in [1.165, 1.54) is 62.9 Å². The number of hydrogen-bond donors (Lipinski definition) is 2. The molecule has 0 aromatic heterocycles. The number of piperidine rings is 1. The van der Waals surface area contributed by atoms with Gasteiger partial charge in [-0.1, -0.05) is 24.3 Å². The lowest BCUT2D eigenvalue weighted by atomic mass is 9.89. The second kappa shape index (κ2) is 11.8. The molecule has 2 saturated heterocycles. The van der Waals surface area contributed by atoms with Crippen LogP contribution in [0.3, 0.4) is 0 Å². The molecule has 172 valence electrons. The minimum Gasteiger partial charge on any atom is -0.381 e. The molecule has 0 spiro atoms. The molecule has 2 heterocycles. The number of fused-ring (bicyclic) bond motifs is 1. The molecule has 0 bridgehead atoms. The number of rotatable bonds is 8. The Balaban J connectivity index is 1.10. The number of benzene rings is 1. The van der Waals surface area contributed by atoms with E-state index in [1.54, 1.807) is 0 Å². The van der Waals surface area contributed by atoms with Crippen LogP contribution in [0.25, 0.3) is 0 Å². The van der Waals surface area contributed by atoms with Gasteiger partial charge in [0.15, 0.2) is 5.96 Å². The predicted molar refractivity (Wildman–Crippen MR) is 126 cm³/mol. The molecule has 6 nitrogen and oxygen atoms in total. The van der Waals surface area contributed by atoms with Crippen molar-refractivity contribution in [3.8, 4) is 0 Å². The third-order valence-electron chi connectivity index (χ3n) is 6.94. The Morgan fingerprint density at radius 1 is 1.19 bits per heavy atom. The van der Waals surface area contributed by atoms with Gasteiger partial charge in [0.2, 0.25) is 0 Å². The van der Waals surface area contributed by atoms with E-state index < -0.39 is 0 Å². The zero-order valence-corrected chi connectivity index (χ0v) is 19.2. The number of likely N-dealkylation sites (tertiary alicyclic amines) is 1. The minimum atomic E-state index is 0.267. The molecule has 1 aliphatic carbocycles. The van der Waals surface area contributed by atoms with Crippen LogP contribution >= 0.6 is 0 Å². The lowest BCUT2D eigenvalue weighted by molar-refractivity contribution is 0.0398. The van der Waals surface area contributed by atoms with Crippen LogP contribution in [-0.2, 0) is 15.9 Å². The summed E-state index contributed by atoms with van der Waals surface area (Å²) in [5.74, 6) is 1.66. The molecule has 2 fully saturated rings. The van der Waals surface area contributed by atoms with Gasteiger partial charge in [0, 0.05) is 52.5 Å². The molecular formula is C25H40N4O2. The molecule has 3 aliphatic rings. The van der Waals surface area contributed by atoms with Crippen molar-refractivity contribution in [2.24, 2.45) is 10.9 Å². The summed E-state index contributed by atoms with van der Waals surface area (Å²) >= 11 is 0. The third kappa shape index (κ3) is 6.67. The average Bonchev–Trinajstić information content (AvgIpc) is 3.32. The summed E-state index contributed by atoms with van der Waals surface area (Å²) in [6.45, 7) is 7.10. The fraction of sp³-hybridized carbons (Fsp3) is 0.720. The number of hydrogen-bond acceptors (Lipinski definition) is 4. The zero-order valence-electron chi connectivity index (χ0n) is 19.2. The van der Waals surface area contributed by atoms with Gasteiger partial charge in [-0.15, -0.1) is 0 Å². The van der Waals surface area contributed by atoms with Crippen molar-refractivity contribution in [1.82, 2.24) is 15.5 Å². The third-order valence-corrected chi connectivity index (χ3v) is 6.94. The van der Waals surface area contributed by atoms with Crippen molar-refractivity contribution >= 4 is 5.96 Å². The summed E-state index contributed by atoms with van der Waals surface area (Å²) in [6.07, 6.45) is 8.39. The predicted octanol–water partition coefficient (Wildman–Crippen LogP) is 3.14. The van der Waals surface area contributed by atoms with Crippen molar-refractivity contribution in [3.63, 3.8) is 0 Å². The maximum absolute atomic E-state index is 6.23. The summed E-state index contributed by atoms with van der Waals surface area (Å²) < 4.78 is 11.7. The van der Waals surface area contributed by atoms with Gasteiger partial charge in [-0.3, -0.25) is 4.99 Å². The standard InChI is InChI=1S/C25H40N4O2/c1-26-25(28-22-10-14-29(15-11-22)18-20-12-17-30-19-20)27-13-5-16-31-24-9-4-7-21-6-2-3-8-23(21)24/h2-3,6,8,20,22,24H,4-5,7,9-19H2,1H3,(H2,26,27,28). The average molecular weight is 429 g/mol. The number of aliphatic imine (C=N–C) groups is 1. The Morgan fingerprint density at radius 2 is 2.06 bits per heavy atom. The van der Waals surface area contributed by atoms with Gasteiger partial charge >= 0.3 is 0 Å². The first-order chi connectivity index (χ1) is 15.3. The molecule has 2 aliphatic heterocycles. The fourth-order valence-electron chi connectivity index (χ4n) is 5.13. The van der Waals surface area contributed by atoms with E-state index in [0.29, 0.717) is 6.04 Å². The first kappa shape index (κ1) is 22.6. The van der Waals surface area contributed by atoms with Gasteiger partial charge < -0.3 is 25.0 Å². The van der Waals surface area contributed by atoms with Crippen LogP contribution in [0.5, 0.6) is 0 Å². The van der Waals surface area contributed by atoms with Crippen molar-refractivity contribution in [2.45, 2.75) is 57.1 Å². The first-order valence-corrected chi connectivity index (χ1v) is 12.3. The molecule has 2 N–H and O–H groups in total. The Morgan fingerprint density at radius 3 is 2.87 bits per heavy atom. The number of ether oxygens (including phenoxy) is 2. The molecule has 0 saturated carbocycles. The molecule has 6 heteroatoms. The molecule has 0 radical (unpaired) electrons. The Bertz CT molecular complexity index is 697. The maximum atomic E-state index is 6.23. The van der Waals surface area contributed by atoms with Gasteiger partial charge in [0.25, 0.3) is 0 Å². The molecule has 4 rings (SSSR count). The number of nitrogens with one attached hydrogen (secondary N) is 2. The lowest BCUT2D eigenvalue weighted by Crippen LogP contribution is -2.49. The second-order valence-electron chi connectivity index (χ2n) is 9.25. The fourth-order valence-corrected chi connectivity index (χ4v) is 5.13. The van der Waals surface area contributed by atoms with Crippen LogP contribution in [0.2, 0.25) is 0 Å². The number of aryl methyl sites for hydroxylation is 1. The highest BCUT2D eigenvalue weighted by molar-refractivity contribution is 5.79. The van der Waals surface area contributed by atoms with E-state index in [0.717, 1.165) is 51.1 Å². The van der Waals surface area contributed by atoms with Crippen molar-refractivity contribution in [1.29, 1.82) is 0 Å². The van der Waals surface area contributed by atoms with Gasteiger partial charge in [0.1, 0.15) is 0 Å². The van der Waals surface area contributed by atoms with E-state index in [4.69, 9.17) is 9.47 Å². The molecule has 0 amide bonds. The van der Waals surface area contributed by atoms with Crippen LogP contribution in [0.1, 0.15) is 55.8 Å². The molecule has 31 heavy (non-hydrogen) atoms. The first-order valence-electron chi connectivity index (χ1n) is 12.3. The largest absolute Gasteiger partial charge is 0.381 e. The highest BCUT2D eigenvalue weighted by atomic mass is 16.5. The monoisotopic (exact) mass is 428 g/mol. The second-order valence-corrected chi connectivity index (χ2v) is 9.25. The summed E-state index contributed by atoms with van der Waals surface area (Å²) in [4.78, 5) is 7.03. The molecular weight excluding hydrogens is 388 g/mol. The maximum Gasteiger partial charge on any atom is 0.191 e. The summed E-state index contributed by atoms with van der Waals surface area (Å²) in [7, 11) is 1.86. The van der Waals surface area contributed by atoms with Gasteiger partial charge in [0.05, 0.1) is 12.7 Å². The van der Waals surface area contributed by atoms with E-state index in [2.05, 4.69) is 44.8 Å². The highest BCUT2D eigenvalue weighted by Crippen LogP contribution is 2.32. The highest BCUT2D eigenvalue weighted by Gasteiger charge is 2.24. The van der Waals surface area contributed by atoms with Gasteiger partial charge in [-0.25, -0.2) is 0 Å². The zero-order chi connectivity index (χ0) is 21.3. The number of nitrogens with zero attached hydrogens (tertiary/aromatic N) is 2. The van der Waals surface area contributed by atoms with Crippen molar-refractivity contribution in [3.05, 3.63) is 35.4 Å². The van der Waals surface area contributed by atoms with Crippen LogP contribution in [0, 0.1) is 5.92 Å². The lowest BCUT2D eigenvalue weighted by Gasteiger charge is -2.34. The minimum absolute atomic E-state index is 0.267. The van der Waals surface area contributed by atoms with E-state index in [9.17, 15) is 0 Å². The Kier molecular flexibility index (Phi) is 8.62. The molecule has 1 aromatic carbocycles. The topological polar surface area (TPSA) is 58.1 Å². The smallest absolute Gasteiger partial charge is 0.191 e. The van der Waals surface area contributed by atoms with E-state index in [-0.39, 0.29) is 6.10 Å². The quantitative estimate of drug-likeness (QED) is 0.378. The van der Waals surface area contributed by atoms with E-state index >= 15 is 0 Å². The van der Waals surface area contributed by atoms with Crippen LogP contribution in [0.4, 0.5) is 0 Å². The Labute approximate surface area is 187 Å². The van der Waals surface area contributed by atoms with Crippen molar-refractivity contribution in [2.75, 3.05) is 53.0 Å². The SMILES string of the molecule is CN=C(NCCCOC1CCCc2ccccc21)NC1CCN(CC2CCOC2)CC1. The van der Waals surface area contributed by atoms with Gasteiger partial charge in [-0.05, 0) is 62.0 Å². The molecule has 1 aromatic rings. The normalized spacial score (nSPS) is 25.4. The van der Waals surface area contributed by atoms with Gasteiger partial charge in [-0.2, -0.15) is 0 Å². The van der Waals surface area contributed by atoms with Crippen LogP contribution < -0.4 is 10.6 Å². The molecule has 2 atom stereocenters. The summed E-state index contributed by atoms with van der Waals surface area (Å²) in [5.41, 5.74) is 2.86. The van der Waals surface area contributed by atoms with E-state index in [1.807, 2.05) is 7.05 Å².